The fraction of sp³-hybridized carbons (Fsp3) is 0.682. The number of carbonyl (C=O) groups is 1. The molecular formula is C22H37N3O3. The minimum Gasteiger partial charge on any atom is -0.396 e. The van der Waals surface area contributed by atoms with Crippen LogP contribution in [0.25, 0.3) is 0 Å². The number of nitrogens with one attached hydrogen (secondary N) is 3. The highest BCUT2D eigenvalue weighted by Gasteiger charge is 2.25. The topological polar surface area (TPSA) is 82.6 Å². The van der Waals surface area contributed by atoms with Gasteiger partial charge in [-0.3, -0.25) is 4.79 Å². The van der Waals surface area contributed by atoms with Gasteiger partial charge in [-0.15, -0.1) is 0 Å². The van der Waals surface area contributed by atoms with Crippen LogP contribution < -0.4 is 16.2 Å². The number of hydrazine groups is 1. The molecule has 28 heavy (non-hydrogen) atoms. The van der Waals surface area contributed by atoms with Gasteiger partial charge >= 0.3 is 0 Å². The van der Waals surface area contributed by atoms with E-state index in [1.807, 2.05) is 45.0 Å². The lowest BCUT2D eigenvalue weighted by Gasteiger charge is -2.26. The third-order valence-corrected chi connectivity index (χ3v) is 4.86. The van der Waals surface area contributed by atoms with Crippen LogP contribution in [0.15, 0.2) is 24.3 Å². The first-order valence-electron chi connectivity index (χ1n) is 10.6. The number of aliphatic hydroxyl groups excluding tert-OH is 1. The molecule has 1 amide bonds. The van der Waals surface area contributed by atoms with Crippen LogP contribution in [-0.2, 0) is 9.53 Å². The first-order chi connectivity index (χ1) is 13.4. The predicted octanol–water partition coefficient (Wildman–Crippen LogP) is 4.22. The zero-order chi connectivity index (χ0) is 20.4. The minimum absolute atomic E-state index is 0.0934. The second-order valence-electron chi connectivity index (χ2n) is 8.61. The van der Waals surface area contributed by atoms with Crippen molar-refractivity contribution in [3.8, 4) is 0 Å². The number of aliphatic hydroxyl groups is 1. The maximum atomic E-state index is 12.5. The summed E-state index contributed by atoms with van der Waals surface area (Å²) in [7, 11) is 0. The molecule has 1 aromatic rings. The van der Waals surface area contributed by atoms with Gasteiger partial charge in [-0.1, -0.05) is 32.1 Å². The number of benzene rings is 1. The van der Waals surface area contributed by atoms with Crippen molar-refractivity contribution in [3.63, 3.8) is 0 Å². The van der Waals surface area contributed by atoms with Crippen molar-refractivity contribution in [1.29, 1.82) is 0 Å². The van der Waals surface area contributed by atoms with E-state index in [4.69, 9.17) is 4.74 Å². The van der Waals surface area contributed by atoms with E-state index in [0.29, 0.717) is 11.7 Å². The molecule has 158 valence electrons. The Labute approximate surface area is 169 Å². The summed E-state index contributed by atoms with van der Waals surface area (Å²) >= 11 is 0. The molecule has 6 heteroatoms. The van der Waals surface area contributed by atoms with E-state index in [1.165, 1.54) is 44.9 Å². The van der Waals surface area contributed by atoms with Crippen LogP contribution >= 0.6 is 0 Å². The third kappa shape index (κ3) is 8.59. The van der Waals surface area contributed by atoms with Crippen molar-refractivity contribution < 1.29 is 14.6 Å². The van der Waals surface area contributed by atoms with Gasteiger partial charge in [0, 0.05) is 30.4 Å². The van der Waals surface area contributed by atoms with E-state index in [1.54, 1.807) is 0 Å². The molecule has 0 heterocycles. The van der Waals surface area contributed by atoms with E-state index in [0.717, 1.165) is 5.69 Å². The Morgan fingerprint density at radius 1 is 1.07 bits per heavy atom. The van der Waals surface area contributed by atoms with Crippen LogP contribution in [0.5, 0.6) is 0 Å². The highest BCUT2D eigenvalue weighted by Crippen LogP contribution is 2.19. The van der Waals surface area contributed by atoms with E-state index >= 15 is 0 Å². The summed E-state index contributed by atoms with van der Waals surface area (Å²) in [5.74, 6) is -0.239. The molecular weight excluding hydrogens is 354 g/mol. The van der Waals surface area contributed by atoms with Crippen LogP contribution in [0.2, 0.25) is 0 Å². The third-order valence-electron chi connectivity index (χ3n) is 4.86. The molecule has 1 aliphatic rings. The largest absolute Gasteiger partial charge is 0.396 e. The smallest absolute Gasteiger partial charge is 0.253 e. The van der Waals surface area contributed by atoms with Crippen LogP contribution in [0.3, 0.4) is 0 Å². The molecule has 0 aromatic heterocycles. The Bertz CT molecular complexity index is 576. The Morgan fingerprint density at radius 3 is 2.21 bits per heavy atom. The lowest BCUT2D eigenvalue weighted by atomic mass is 9.97. The molecule has 0 spiro atoms. The van der Waals surface area contributed by atoms with Gasteiger partial charge in [-0.2, -0.15) is 0 Å². The maximum Gasteiger partial charge on any atom is 0.253 e. The number of rotatable bonds is 8. The normalized spacial score (nSPS) is 17.4. The summed E-state index contributed by atoms with van der Waals surface area (Å²) in [6.45, 7) is 5.60. The highest BCUT2D eigenvalue weighted by molar-refractivity contribution is 5.94. The van der Waals surface area contributed by atoms with Gasteiger partial charge in [-0.05, 0) is 57.9 Å². The Morgan fingerprint density at radius 2 is 1.64 bits per heavy atom. The summed E-state index contributed by atoms with van der Waals surface area (Å²) < 4.78 is 5.77. The molecule has 0 radical (unpaired) electrons. The lowest BCUT2D eigenvalue weighted by Crippen LogP contribution is -2.37. The second-order valence-corrected chi connectivity index (χ2v) is 8.61. The summed E-state index contributed by atoms with van der Waals surface area (Å²) in [5.41, 5.74) is 7.97. The Hall–Kier alpha value is -1.63. The second kappa shape index (κ2) is 11.4. The summed E-state index contributed by atoms with van der Waals surface area (Å²) in [6.07, 6.45) is 8.63. The molecule has 4 N–H and O–H groups in total. The van der Waals surface area contributed by atoms with Crippen molar-refractivity contribution >= 4 is 17.3 Å². The molecule has 0 bridgehead atoms. The van der Waals surface area contributed by atoms with Crippen molar-refractivity contribution in [1.82, 2.24) is 5.43 Å². The quantitative estimate of drug-likeness (QED) is 0.499. The zero-order valence-electron chi connectivity index (χ0n) is 17.6. The standard InChI is InChI=1S/C22H37N3O3/c1-22(2,3)28-20(15-16-26)21(27)23-17-11-13-19(14-12-17)25-24-18-9-7-5-4-6-8-10-18/h11-14,18,20,24-26H,4-10,15-16H2,1-3H3,(H,23,27). The average Bonchev–Trinajstić information content (AvgIpc) is 2.60. The number of hydrogen-bond donors (Lipinski definition) is 4. The number of amides is 1. The van der Waals surface area contributed by atoms with Crippen molar-refractivity contribution in [3.05, 3.63) is 24.3 Å². The molecule has 1 saturated carbocycles. The van der Waals surface area contributed by atoms with Crippen LogP contribution in [0, 0.1) is 0 Å². The summed E-state index contributed by atoms with van der Waals surface area (Å²) in [4.78, 5) is 12.5. The molecule has 6 nitrogen and oxygen atoms in total. The first-order valence-corrected chi connectivity index (χ1v) is 10.6. The molecule has 1 fully saturated rings. The van der Waals surface area contributed by atoms with E-state index in [2.05, 4.69) is 16.2 Å². The van der Waals surface area contributed by atoms with Crippen LogP contribution in [0.4, 0.5) is 11.4 Å². The zero-order valence-corrected chi connectivity index (χ0v) is 17.6. The SMILES string of the molecule is CC(C)(C)OC(CCO)C(=O)Nc1ccc(NNC2CCCCCCC2)cc1. The van der Waals surface area contributed by atoms with Gasteiger partial charge in [0.15, 0.2) is 0 Å². The van der Waals surface area contributed by atoms with Crippen molar-refractivity contribution in [2.24, 2.45) is 0 Å². The minimum atomic E-state index is -0.677. The maximum absolute atomic E-state index is 12.5. The molecule has 1 aromatic carbocycles. The Kier molecular flexibility index (Phi) is 9.22. The lowest BCUT2D eigenvalue weighted by molar-refractivity contribution is -0.138. The van der Waals surface area contributed by atoms with Gasteiger partial charge in [0.2, 0.25) is 0 Å². The average molecular weight is 392 g/mol. The number of carbonyl (C=O) groups excluding carboxylic acids is 1. The van der Waals surface area contributed by atoms with Crippen LogP contribution in [-0.4, -0.2) is 35.4 Å². The van der Waals surface area contributed by atoms with Crippen molar-refractivity contribution in [2.45, 2.75) is 89.9 Å². The predicted molar refractivity (Wildman–Crippen MR) is 114 cm³/mol. The van der Waals surface area contributed by atoms with Crippen molar-refractivity contribution in [2.75, 3.05) is 17.3 Å². The van der Waals surface area contributed by atoms with Gasteiger partial charge in [-0.25, -0.2) is 5.43 Å². The fourth-order valence-electron chi connectivity index (χ4n) is 3.43. The molecule has 1 aliphatic carbocycles. The molecule has 0 aliphatic heterocycles. The molecule has 2 rings (SSSR count). The van der Waals surface area contributed by atoms with Gasteiger partial charge in [0.05, 0.1) is 5.60 Å². The van der Waals surface area contributed by atoms with Gasteiger partial charge < -0.3 is 20.6 Å². The molecule has 1 atom stereocenters. The fourth-order valence-corrected chi connectivity index (χ4v) is 3.43. The number of hydrogen-bond acceptors (Lipinski definition) is 5. The monoisotopic (exact) mass is 391 g/mol. The molecule has 0 saturated heterocycles. The van der Waals surface area contributed by atoms with Crippen LogP contribution in [0.1, 0.15) is 72.1 Å². The van der Waals surface area contributed by atoms with E-state index < -0.39 is 11.7 Å². The van der Waals surface area contributed by atoms with E-state index in [9.17, 15) is 9.90 Å². The van der Waals surface area contributed by atoms with E-state index in [-0.39, 0.29) is 18.9 Å². The number of anilines is 2. The number of ether oxygens (including phenoxy) is 1. The van der Waals surface area contributed by atoms with Gasteiger partial charge in [0.1, 0.15) is 6.10 Å². The highest BCUT2D eigenvalue weighted by atomic mass is 16.5. The summed E-state index contributed by atoms with van der Waals surface area (Å²) in [5, 5.41) is 12.1. The van der Waals surface area contributed by atoms with Gasteiger partial charge in [0.25, 0.3) is 5.91 Å². The Balaban J connectivity index is 1.84. The summed E-state index contributed by atoms with van der Waals surface area (Å²) in [6, 6.07) is 8.13. The molecule has 1 unspecified atom stereocenters. The first kappa shape index (κ1) is 22.7.